The Morgan fingerprint density at radius 3 is 2.09 bits per heavy atom. The fourth-order valence-corrected chi connectivity index (χ4v) is 2.66. The van der Waals surface area contributed by atoms with Gasteiger partial charge in [-0.3, -0.25) is 4.21 Å². The summed E-state index contributed by atoms with van der Waals surface area (Å²) < 4.78 is 21.6. The fraction of sp³-hybridized carbons (Fsp3) is 0.278. The highest BCUT2D eigenvalue weighted by molar-refractivity contribution is 7.99. The van der Waals surface area contributed by atoms with Crippen molar-refractivity contribution >= 4 is 15.4 Å². The van der Waals surface area contributed by atoms with E-state index in [9.17, 15) is 4.21 Å². The number of aryl methyl sites for hydroxylation is 2. The molecule has 1 atom stereocenters. The minimum absolute atomic E-state index is 0.831. The number of benzene rings is 2. The summed E-state index contributed by atoms with van der Waals surface area (Å²) in [7, 11) is 1.29. The minimum Gasteiger partial charge on any atom is -0.497 e. The number of methoxy groups -OCH3 is 2. The van der Waals surface area contributed by atoms with Gasteiger partial charge in [0.15, 0.2) is 0 Å². The largest absolute Gasteiger partial charge is 0.497 e. The van der Waals surface area contributed by atoms with Gasteiger partial charge < -0.3 is 9.47 Å². The average molecular weight is 320 g/mol. The van der Waals surface area contributed by atoms with Crippen LogP contribution in [0.1, 0.15) is 11.1 Å². The predicted molar refractivity (Wildman–Crippen MR) is 94.9 cm³/mol. The van der Waals surface area contributed by atoms with E-state index in [1.54, 1.807) is 20.5 Å². The van der Waals surface area contributed by atoms with Crippen LogP contribution in [-0.2, 0) is 9.52 Å². The lowest BCUT2D eigenvalue weighted by Crippen LogP contribution is -1.95. The lowest BCUT2D eigenvalue weighted by Gasteiger charge is -2.05. The molecular formula is C18H24O3S. The SMILES string of the molecule is C=S(C)(=O)c1cccc(C)c1.COc1ccc(OC)c(C)c1. The van der Waals surface area contributed by atoms with Gasteiger partial charge in [0.1, 0.15) is 11.5 Å². The summed E-state index contributed by atoms with van der Waals surface area (Å²) in [6, 6.07) is 13.4. The lowest BCUT2D eigenvalue weighted by molar-refractivity contribution is 0.400. The monoisotopic (exact) mass is 320 g/mol. The van der Waals surface area contributed by atoms with Crippen molar-refractivity contribution < 1.29 is 13.7 Å². The molecule has 2 aromatic rings. The zero-order valence-corrected chi connectivity index (χ0v) is 14.7. The smallest absolute Gasteiger partial charge is 0.122 e. The van der Waals surface area contributed by atoms with E-state index in [0.29, 0.717) is 0 Å². The van der Waals surface area contributed by atoms with Gasteiger partial charge in [-0.2, -0.15) is 0 Å². The first-order chi connectivity index (χ1) is 10.3. The molecule has 0 aliphatic heterocycles. The predicted octanol–water partition coefficient (Wildman–Crippen LogP) is 3.71. The topological polar surface area (TPSA) is 35.5 Å². The van der Waals surface area contributed by atoms with Crippen molar-refractivity contribution in [2.24, 2.45) is 0 Å². The van der Waals surface area contributed by atoms with Gasteiger partial charge in [-0.05, 0) is 70.7 Å². The Labute approximate surface area is 133 Å². The molecule has 0 radical (unpaired) electrons. The van der Waals surface area contributed by atoms with Crippen LogP contribution in [0.25, 0.3) is 0 Å². The van der Waals surface area contributed by atoms with Crippen molar-refractivity contribution in [3.05, 3.63) is 53.6 Å². The summed E-state index contributed by atoms with van der Waals surface area (Å²) in [4.78, 5) is 0.831. The van der Waals surface area contributed by atoms with Crippen molar-refractivity contribution in [2.75, 3.05) is 20.5 Å². The Balaban J connectivity index is 0.000000220. The van der Waals surface area contributed by atoms with Crippen LogP contribution in [-0.4, -0.2) is 30.6 Å². The highest BCUT2D eigenvalue weighted by Crippen LogP contribution is 2.22. The van der Waals surface area contributed by atoms with Gasteiger partial charge in [-0.1, -0.05) is 12.1 Å². The van der Waals surface area contributed by atoms with Crippen molar-refractivity contribution in [1.29, 1.82) is 0 Å². The molecule has 0 aliphatic carbocycles. The third kappa shape index (κ3) is 5.45. The van der Waals surface area contributed by atoms with Crippen LogP contribution < -0.4 is 9.47 Å². The maximum absolute atomic E-state index is 11.4. The maximum atomic E-state index is 11.4. The number of rotatable bonds is 3. The molecule has 0 spiro atoms. The third-order valence-corrected chi connectivity index (χ3v) is 4.34. The molecule has 120 valence electrons. The normalized spacial score (nSPS) is 12.6. The van der Waals surface area contributed by atoms with Crippen LogP contribution in [0.5, 0.6) is 11.5 Å². The molecule has 0 amide bonds. The minimum atomic E-state index is -2.03. The van der Waals surface area contributed by atoms with Crippen molar-refractivity contribution in [1.82, 2.24) is 0 Å². The molecule has 0 saturated carbocycles. The van der Waals surface area contributed by atoms with Crippen molar-refractivity contribution in [2.45, 2.75) is 18.7 Å². The first-order valence-corrected chi connectivity index (χ1v) is 8.99. The molecule has 0 aromatic heterocycles. The van der Waals surface area contributed by atoms with Gasteiger partial charge in [-0.15, -0.1) is 0 Å². The molecule has 0 saturated heterocycles. The van der Waals surface area contributed by atoms with Crippen LogP contribution in [0.3, 0.4) is 0 Å². The molecule has 1 unspecified atom stereocenters. The van der Waals surface area contributed by atoms with E-state index in [2.05, 4.69) is 5.87 Å². The molecule has 0 N–H and O–H groups in total. The van der Waals surface area contributed by atoms with Crippen molar-refractivity contribution in [3.8, 4) is 11.5 Å². The Bertz CT molecular complexity index is 719. The van der Waals surface area contributed by atoms with Crippen LogP contribution >= 0.6 is 0 Å². The molecule has 0 heterocycles. The fourth-order valence-electron chi connectivity index (χ4n) is 1.86. The summed E-state index contributed by atoms with van der Waals surface area (Å²) in [5.41, 5.74) is 2.22. The summed E-state index contributed by atoms with van der Waals surface area (Å²) in [5, 5.41) is 0. The quantitative estimate of drug-likeness (QED) is 0.809. The van der Waals surface area contributed by atoms with Gasteiger partial charge in [0.2, 0.25) is 0 Å². The molecular weight excluding hydrogens is 296 g/mol. The number of hydrogen-bond acceptors (Lipinski definition) is 3. The van der Waals surface area contributed by atoms with Gasteiger partial charge in [-0.25, -0.2) is 0 Å². The Kier molecular flexibility index (Phi) is 6.50. The van der Waals surface area contributed by atoms with E-state index in [1.807, 2.05) is 56.3 Å². The summed E-state index contributed by atoms with van der Waals surface area (Å²) in [5.74, 6) is 5.37. The zero-order chi connectivity index (χ0) is 16.8. The van der Waals surface area contributed by atoms with E-state index in [1.165, 1.54) is 0 Å². The standard InChI is InChI=1S/C9H12O2.C9H12OS/c1-7-6-8(10-2)4-5-9(7)11-3;1-8-5-4-6-9(7-8)11(2,3)10/h4-6H,1-3H3;4-7H,2H2,1,3H3. The van der Waals surface area contributed by atoms with Crippen LogP contribution in [0.4, 0.5) is 0 Å². The molecule has 0 fully saturated rings. The summed E-state index contributed by atoms with van der Waals surface area (Å²) in [6.45, 7) is 3.97. The van der Waals surface area contributed by atoms with E-state index in [-0.39, 0.29) is 0 Å². The van der Waals surface area contributed by atoms with Crippen molar-refractivity contribution in [3.63, 3.8) is 0 Å². The molecule has 0 bridgehead atoms. The van der Waals surface area contributed by atoms with Gasteiger partial charge in [0.25, 0.3) is 0 Å². The van der Waals surface area contributed by atoms with Crippen LogP contribution in [0.2, 0.25) is 0 Å². The first kappa shape index (κ1) is 18.1. The second-order valence-corrected chi connectivity index (χ2v) is 7.64. The van der Waals surface area contributed by atoms with E-state index < -0.39 is 9.52 Å². The Hall–Kier alpha value is -1.94. The van der Waals surface area contributed by atoms with E-state index in [0.717, 1.165) is 27.5 Å². The zero-order valence-electron chi connectivity index (χ0n) is 13.9. The second-order valence-electron chi connectivity index (χ2n) is 5.16. The van der Waals surface area contributed by atoms with Gasteiger partial charge in [0.05, 0.1) is 14.2 Å². The Morgan fingerprint density at radius 2 is 1.68 bits per heavy atom. The average Bonchev–Trinajstić information content (AvgIpc) is 2.47. The molecule has 2 aromatic carbocycles. The summed E-state index contributed by atoms with van der Waals surface area (Å²) in [6.07, 6.45) is 1.65. The highest BCUT2D eigenvalue weighted by atomic mass is 32.2. The molecule has 2 rings (SSSR count). The molecule has 0 aliphatic rings. The molecule has 22 heavy (non-hydrogen) atoms. The van der Waals surface area contributed by atoms with Crippen LogP contribution in [0, 0.1) is 13.8 Å². The maximum Gasteiger partial charge on any atom is 0.122 e. The van der Waals surface area contributed by atoms with E-state index in [4.69, 9.17) is 9.47 Å². The third-order valence-electron chi connectivity index (χ3n) is 3.09. The van der Waals surface area contributed by atoms with Gasteiger partial charge in [0, 0.05) is 11.2 Å². The first-order valence-electron chi connectivity index (χ1n) is 6.85. The van der Waals surface area contributed by atoms with Crippen LogP contribution in [0.15, 0.2) is 47.4 Å². The lowest BCUT2D eigenvalue weighted by atomic mass is 10.2. The number of hydrogen-bond donors (Lipinski definition) is 0. The molecule has 3 nitrogen and oxygen atoms in total. The highest BCUT2D eigenvalue weighted by Gasteiger charge is 1.99. The van der Waals surface area contributed by atoms with E-state index >= 15 is 0 Å². The van der Waals surface area contributed by atoms with Gasteiger partial charge >= 0.3 is 0 Å². The molecule has 4 heteroatoms. The second kappa shape index (κ2) is 7.90. The number of ether oxygens (including phenoxy) is 2. The Morgan fingerprint density at radius 1 is 1.00 bits per heavy atom. The summed E-state index contributed by atoms with van der Waals surface area (Å²) >= 11 is 0.